The van der Waals surface area contributed by atoms with E-state index >= 15 is 0 Å². The Balaban J connectivity index is 1.34. The molecule has 5 rings (SSSR count). The molecule has 1 amide bonds. The van der Waals surface area contributed by atoms with Crippen molar-refractivity contribution < 1.29 is 14.3 Å². The normalized spacial score (nSPS) is 16.6. The van der Waals surface area contributed by atoms with Gasteiger partial charge in [-0.1, -0.05) is 0 Å². The topological polar surface area (TPSA) is 65.4 Å². The Kier molecular flexibility index (Phi) is 4.31. The highest BCUT2D eigenvalue weighted by atomic mass is 32.1. The molecule has 1 aliphatic carbocycles. The van der Waals surface area contributed by atoms with Crippen LogP contribution < -0.4 is 14.8 Å². The molecule has 144 valence electrons. The Morgan fingerprint density at radius 3 is 2.82 bits per heavy atom. The van der Waals surface area contributed by atoms with E-state index < -0.39 is 0 Å². The van der Waals surface area contributed by atoms with E-state index in [9.17, 15) is 4.79 Å². The first-order valence-corrected chi connectivity index (χ1v) is 10.4. The molecule has 1 aromatic carbocycles. The van der Waals surface area contributed by atoms with Crippen molar-refractivity contribution in [1.29, 1.82) is 0 Å². The van der Waals surface area contributed by atoms with Crippen LogP contribution in [-0.4, -0.2) is 28.9 Å². The van der Waals surface area contributed by atoms with Crippen LogP contribution in [0.4, 0.5) is 5.82 Å². The molecule has 28 heavy (non-hydrogen) atoms. The quantitative estimate of drug-likeness (QED) is 0.685. The minimum atomic E-state index is -0.112. The molecule has 1 unspecified atom stereocenters. The predicted octanol–water partition coefficient (Wildman–Crippen LogP) is 4.61. The van der Waals surface area contributed by atoms with Crippen LogP contribution in [0.2, 0.25) is 0 Å². The zero-order chi connectivity index (χ0) is 19.1. The number of carbonyl (C=O) groups is 1. The fourth-order valence-corrected chi connectivity index (χ4v) is 4.40. The Labute approximate surface area is 167 Å². The van der Waals surface area contributed by atoms with E-state index in [-0.39, 0.29) is 5.91 Å². The van der Waals surface area contributed by atoms with E-state index in [0.717, 1.165) is 27.8 Å². The number of nitrogens with zero attached hydrogens (tertiary/aromatic N) is 2. The van der Waals surface area contributed by atoms with E-state index in [0.29, 0.717) is 30.1 Å². The van der Waals surface area contributed by atoms with Crippen molar-refractivity contribution in [3.05, 3.63) is 47.5 Å². The van der Waals surface area contributed by atoms with E-state index in [2.05, 4.69) is 17.3 Å². The van der Waals surface area contributed by atoms with Crippen LogP contribution >= 0.6 is 11.3 Å². The minimum Gasteiger partial charge on any atom is -0.486 e. The molecule has 0 radical (unpaired) electrons. The van der Waals surface area contributed by atoms with Gasteiger partial charge in [-0.05, 0) is 61.6 Å². The van der Waals surface area contributed by atoms with Crippen LogP contribution in [0.5, 0.6) is 11.5 Å². The molecular formula is C21H21N3O3S. The van der Waals surface area contributed by atoms with Gasteiger partial charge in [-0.2, -0.15) is 5.10 Å². The second-order valence-corrected chi connectivity index (χ2v) is 8.30. The maximum absolute atomic E-state index is 12.8. The summed E-state index contributed by atoms with van der Waals surface area (Å²) in [5, 5.41) is 7.41. The molecule has 2 aliphatic rings. The van der Waals surface area contributed by atoms with Gasteiger partial charge in [-0.25, -0.2) is 4.68 Å². The lowest BCUT2D eigenvalue weighted by molar-refractivity contribution is 0.102. The Bertz CT molecular complexity index is 1020. The summed E-state index contributed by atoms with van der Waals surface area (Å²) in [5.74, 6) is 2.82. The standard InChI is InChI=1S/C21H21N3O3S/c1-13(14-2-3-14)24-20(8-9-22-24)23-21(25)19-7-6-18(28-19)15-4-5-16-17(12-15)27-11-10-26-16/h4-9,12-14H,2-3,10-11H2,1H3,(H,23,25). The van der Waals surface area contributed by atoms with E-state index in [1.807, 2.05) is 41.1 Å². The molecule has 1 saturated carbocycles. The van der Waals surface area contributed by atoms with E-state index in [1.165, 1.54) is 24.2 Å². The molecule has 3 aromatic rings. The van der Waals surface area contributed by atoms with Gasteiger partial charge in [0.2, 0.25) is 0 Å². The molecule has 0 saturated heterocycles. The molecule has 7 heteroatoms. The third-order valence-corrected chi connectivity index (χ3v) is 6.39. The molecular weight excluding hydrogens is 374 g/mol. The number of nitrogens with one attached hydrogen (secondary N) is 1. The number of amides is 1. The van der Waals surface area contributed by atoms with Crippen LogP contribution in [0.1, 0.15) is 35.5 Å². The summed E-state index contributed by atoms with van der Waals surface area (Å²) in [6, 6.07) is 11.9. The maximum Gasteiger partial charge on any atom is 0.266 e. The zero-order valence-electron chi connectivity index (χ0n) is 15.6. The number of ether oxygens (including phenoxy) is 2. The highest BCUT2D eigenvalue weighted by Crippen LogP contribution is 2.40. The van der Waals surface area contributed by atoms with Crippen molar-refractivity contribution >= 4 is 23.1 Å². The van der Waals surface area contributed by atoms with Crippen molar-refractivity contribution in [2.75, 3.05) is 18.5 Å². The average molecular weight is 395 g/mol. The minimum absolute atomic E-state index is 0.112. The maximum atomic E-state index is 12.8. The van der Waals surface area contributed by atoms with E-state index in [4.69, 9.17) is 9.47 Å². The van der Waals surface area contributed by atoms with Crippen molar-refractivity contribution in [3.63, 3.8) is 0 Å². The van der Waals surface area contributed by atoms with Gasteiger partial charge in [0.25, 0.3) is 5.91 Å². The highest BCUT2D eigenvalue weighted by molar-refractivity contribution is 7.17. The van der Waals surface area contributed by atoms with Gasteiger partial charge in [-0.15, -0.1) is 11.3 Å². The molecule has 1 fully saturated rings. The molecule has 1 N–H and O–H groups in total. The largest absolute Gasteiger partial charge is 0.486 e. The molecule has 1 aliphatic heterocycles. The summed E-state index contributed by atoms with van der Waals surface area (Å²) in [6.07, 6.45) is 4.21. The second kappa shape index (κ2) is 6.98. The molecule has 6 nitrogen and oxygen atoms in total. The molecule has 3 heterocycles. The number of fused-ring (bicyclic) bond motifs is 1. The summed E-state index contributed by atoms with van der Waals surface area (Å²) in [4.78, 5) is 14.4. The first kappa shape index (κ1) is 17.3. The summed E-state index contributed by atoms with van der Waals surface area (Å²) < 4.78 is 13.2. The lowest BCUT2D eigenvalue weighted by atomic mass is 10.1. The lowest BCUT2D eigenvalue weighted by Gasteiger charge is -2.18. The molecule has 1 atom stereocenters. The summed E-state index contributed by atoms with van der Waals surface area (Å²) in [6.45, 7) is 3.29. The number of carbonyl (C=O) groups excluding carboxylic acids is 1. The van der Waals surface area contributed by atoms with Crippen molar-refractivity contribution in [3.8, 4) is 21.9 Å². The Hall–Kier alpha value is -2.80. The molecule has 2 aromatic heterocycles. The smallest absolute Gasteiger partial charge is 0.266 e. The monoisotopic (exact) mass is 395 g/mol. The van der Waals surface area contributed by atoms with Gasteiger partial charge in [0.05, 0.1) is 17.1 Å². The zero-order valence-corrected chi connectivity index (χ0v) is 16.4. The first-order valence-electron chi connectivity index (χ1n) is 9.54. The first-order chi connectivity index (χ1) is 13.7. The SMILES string of the molecule is CC(C1CC1)n1nccc1NC(=O)c1ccc(-c2ccc3c(c2)OCCO3)s1. The Morgan fingerprint density at radius 1 is 1.18 bits per heavy atom. The number of thiophene rings is 1. The Morgan fingerprint density at radius 2 is 2.00 bits per heavy atom. The van der Waals surface area contributed by atoms with Crippen LogP contribution in [0.3, 0.4) is 0 Å². The fraction of sp³-hybridized carbons (Fsp3) is 0.333. The lowest BCUT2D eigenvalue weighted by Crippen LogP contribution is -2.17. The fourth-order valence-electron chi connectivity index (χ4n) is 3.51. The van der Waals surface area contributed by atoms with Crippen LogP contribution in [0, 0.1) is 5.92 Å². The number of hydrogen-bond acceptors (Lipinski definition) is 5. The summed E-state index contributed by atoms with van der Waals surface area (Å²) >= 11 is 1.46. The van der Waals surface area contributed by atoms with Crippen LogP contribution in [-0.2, 0) is 0 Å². The third kappa shape index (κ3) is 3.26. The number of aromatic nitrogens is 2. The average Bonchev–Trinajstić information content (AvgIpc) is 3.27. The number of hydrogen-bond donors (Lipinski definition) is 1. The van der Waals surface area contributed by atoms with Gasteiger partial charge in [0.1, 0.15) is 19.0 Å². The van der Waals surface area contributed by atoms with Gasteiger partial charge in [0, 0.05) is 10.9 Å². The third-order valence-electron chi connectivity index (χ3n) is 5.26. The van der Waals surface area contributed by atoms with Crippen molar-refractivity contribution in [1.82, 2.24) is 9.78 Å². The van der Waals surface area contributed by atoms with Gasteiger partial charge >= 0.3 is 0 Å². The summed E-state index contributed by atoms with van der Waals surface area (Å²) in [5.41, 5.74) is 1.01. The van der Waals surface area contributed by atoms with Gasteiger partial charge in [0.15, 0.2) is 11.5 Å². The van der Waals surface area contributed by atoms with Gasteiger partial charge < -0.3 is 14.8 Å². The molecule has 0 bridgehead atoms. The second-order valence-electron chi connectivity index (χ2n) is 7.22. The van der Waals surface area contributed by atoms with Crippen LogP contribution in [0.25, 0.3) is 10.4 Å². The van der Waals surface area contributed by atoms with Crippen LogP contribution in [0.15, 0.2) is 42.6 Å². The number of rotatable bonds is 5. The van der Waals surface area contributed by atoms with Crippen molar-refractivity contribution in [2.24, 2.45) is 5.92 Å². The highest BCUT2D eigenvalue weighted by Gasteiger charge is 2.31. The molecule has 0 spiro atoms. The number of benzene rings is 1. The van der Waals surface area contributed by atoms with Gasteiger partial charge in [-0.3, -0.25) is 4.79 Å². The summed E-state index contributed by atoms with van der Waals surface area (Å²) in [7, 11) is 0. The predicted molar refractivity (Wildman–Crippen MR) is 108 cm³/mol. The number of anilines is 1. The van der Waals surface area contributed by atoms with Crippen molar-refractivity contribution in [2.45, 2.75) is 25.8 Å². The van der Waals surface area contributed by atoms with E-state index in [1.54, 1.807) is 6.20 Å².